The third-order valence-corrected chi connectivity index (χ3v) is 1.25. The van der Waals surface area contributed by atoms with E-state index in [2.05, 4.69) is 10.3 Å². The number of alkyl halides is 1. The summed E-state index contributed by atoms with van der Waals surface area (Å²) in [5, 5.41) is 2.89. The van der Waals surface area contributed by atoms with Crippen LogP contribution in [0.15, 0.2) is 18.3 Å². The van der Waals surface area contributed by atoms with Gasteiger partial charge in [-0.2, -0.15) is 0 Å². The summed E-state index contributed by atoms with van der Waals surface area (Å²) in [6, 6.07) is 3.45. The highest BCUT2D eigenvalue weighted by atomic mass is 19.1. The smallest absolute Gasteiger partial charge is 0.131 e. The van der Waals surface area contributed by atoms with Crippen LogP contribution >= 0.6 is 0 Å². The second kappa shape index (κ2) is 3.15. The van der Waals surface area contributed by atoms with Crippen LogP contribution in [0, 0.1) is 0 Å². The van der Waals surface area contributed by atoms with Gasteiger partial charge in [0.15, 0.2) is 0 Å². The van der Waals surface area contributed by atoms with Crippen LogP contribution in [0.1, 0.15) is 5.69 Å². The van der Waals surface area contributed by atoms with Gasteiger partial charge >= 0.3 is 0 Å². The predicted molar refractivity (Wildman–Crippen MR) is 38.6 cm³/mol. The Kier molecular flexibility index (Phi) is 2.20. The summed E-state index contributed by atoms with van der Waals surface area (Å²) >= 11 is 0. The first-order chi connectivity index (χ1) is 4.86. The maximum Gasteiger partial charge on any atom is 0.131 e. The van der Waals surface area contributed by atoms with E-state index >= 15 is 0 Å². The van der Waals surface area contributed by atoms with Gasteiger partial charge in [-0.1, -0.05) is 0 Å². The Hall–Kier alpha value is -1.12. The van der Waals surface area contributed by atoms with E-state index in [9.17, 15) is 4.39 Å². The molecule has 0 aliphatic heterocycles. The van der Waals surface area contributed by atoms with Crippen LogP contribution in [0.5, 0.6) is 0 Å². The van der Waals surface area contributed by atoms with Crippen molar-refractivity contribution in [3.63, 3.8) is 0 Å². The molecule has 0 spiro atoms. The molecule has 1 rings (SSSR count). The van der Waals surface area contributed by atoms with Crippen molar-refractivity contribution in [3.8, 4) is 0 Å². The summed E-state index contributed by atoms with van der Waals surface area (Å²) in [6.45, 7) is -0.496. The van der Waals surface area contributed by atoms with Gasteiger partial charge in [0.1, 0.15) is 6.67 Å². The lowest BCUT2D eigenvalue weighted by Crippen LogP contribution is -1.90. The van der Waals surface area contributed by atoms with Crippen LogP contribution in [-0.4, -0.2) is 12.0 Å². The van der Waals surface area contributed by atoms with E-state index in [1.807, 2.05) is 0 Å². The Labute approximate surface area is 59.1 Å². The summed E-state index contributed by atoms with van der Waals surface area (Å²) in [6.07, 6.45) is 1.61. The summed E-state index contributed by atoms with van der Waals surface area (Å²) in [5.74, 6) is 0. The quantitative estimate of drug-likeness (QED) is 0.674. The fraction of sp³-hybridized carbons (Fsp3) is 0.286. The average Bonchev–Trinajstić information content (AvgIpc) is 2.05. The molecule has 1 N–H and O–H groups in total. The number of anilines is 1. The highest BCUT2D eigenvalue weighted by Crippen LogP contribution is 2.04. The third kappa shape index (κ3) is 1.43. The second-order valence-corrected chi connectivity index (χ2v) is 1.92. The molecule has 0 unspecified atom stereocenters. The van der Waals surface area contributed by atoms with Gasteiger partial charge in [0.05, 0.1) is 17.6 Å². The minimum Gasteiger partial charge on any atom is -0.387 e. The van der Waals surface area contributed by atoms with Gasteiger partial charge in [-0.3, -0.25) is 4.98 Å². The molecule has 0 atom stereocenters. The van der Waals surface area contributed by atoms with Crippen molar-refractivity contribution in [2.75, 3.05) is 12.4 Å². The fourth-order valence-corrected chi connectivity index (χ4v) is 0.651. The number of pyridine rings is 1. The lowest BCUT2D eigenvalue weighted by molar-refractivity contribution is 0.476. The van der Waals surface area contributed by atoms with E-state index in [-0.39, 0.29) is 0 Å². The van der Waals surface area contributed by atoms with Crippen LogP contribution in [0.4, 0.5) is 10.1 Å². The Morgan fingerprint density at radius 1 is 1.60 bits per heavy atom. The molecule has 0 bridgehead atoms. The van der Waals surface area contributed by atoms with Gasteiger partial charge in [0.2, 0.25) is 0 Å². The molecule has 1 aromatic rings. The standard InChI is InChI=1S/C7H9FN2/c1-9-7-3-2-6(4-8)10-5-7/h2-3,5,9H,4H2,1H3. The van der Waals surface area contributed by atoms with E-state index in [0.29, 0.717) is 5.69 Å². The minimum absolute atomic E-state index is 0.471. The lowest BCUT2D eigenvalue weighted by Gasteiger charge is -1.97. The molecule has 10 heavy (non-hydrogen) atoms. The van der Waals surface area contributed by atoms with Crippen molar-refractivity contribution in [2.45, 2.75) is 6.67 Å². The summed E-state index contributed by atoms with van der Waals surface area (Å²) in [7, 11) is 1.80. The van der Waals surface area contributed by atoms with Crippen molar-refractivity contribution in [1.29, 1.82) is 0 Å². The fourth-order valence-electron chi connectivity index (χ4n) is 0.651. The van der Waals surface area contributed by atoms with Gasteiger partial charge in [-0.05, 0) is 12.1 Å². The van der Waals surface area contributed by atoms with Crippen molar-refractivity contribution >= 4 is 5.69 Å². The first-order valence-corrected chi connectivity index (χ1v) is 3.05. The monoisotopic (exact) mass is 140 g/mol. The number of hydrogen-bond donors (Lipinski definition) is 1. The first kappa shape index (κ1) is 6.99. The number of nitrogens with zero attached hydrogens (tertiary/aromatic N) is 1. The molecule has 0 radical (unpaired) electrons. The topological polar surface area (TPSA) is 24.9 Å². The Bertz CT molecular complexity index is 172. The Morgan fingerprint density at radius 3 is 2.80 bits per heavy atom. The van der Waals surface area contributed by atoms with E-state index in [1.165, 1.54) is 0 Å². The van der Waals surface area contributed by atoms with Crippen LogP contribution in [0.2, 0.25) is 0 Å². The minimum atomic E-state index is -0.496. The maximum atomic E-state index is 11.9. The molecular weight excluding hydrogens is 131 g/mol. The molecule has 0 saturated carbocycles. The highest BCUT2D eigenvalue weighted by molar-refractivity contribution is 5.39. The van der Waals surface area contributed by atoms with Gasteiger partial charge in [0.25, 0.3) is 0 Å². The zero-order valence-electron chi connectivity index (χ0n) is 5.76. The largest absolute Gasteiger partial charge is 0.387 e. The average molecular weight is 140 g/mol. The Morgan fingerprint density at radius 2 is 2.40 bits per heavy atom. The van der Waals surface area contributed by atoms with Gasteiger partial charge in [-0.15, -0.1) is 0 Å². The Balaban J connectivity index is 2.80. The van der Waals surface area contributed by atoms with Crippen molar-refractivity contribution in [1.82, 2.24) is 4.98 Å². The second-order valence-electron chi connectivity index (χ2n) is 1.92. The normalized spacial score (nSPS) is 9.40. The van der Waals surface area contributed by atoms with Crippen LogP contribution in [0.25, 0.3) is 0 Å². The van der Waals surface area contributed by atoms with Crippen LogP contribution < -0.4 is 5.32 Å². The van der Waals surface area contributed by atoms with Crippen LogP contribution in [0.3, 0.4) is 0 Å². The third-order valence-electron chi connectivity index (χ3n) is 1.25. The maximum absolute atomic E-state index is 11.9. The number of nitrogens with one attached hydrogen (secondary N) is 1. The van der Waals surface area contributed by atoms with Crippen molar-refractivity contribution in [2.24, 2.45) is 0 Å². The molecule has 0 aliphatic carbocycles. The molecule has 54 valence electrons. The molecule has 0 aliphatic rings. The summed E-state index contributed by atoms with van der Waals surface area (Å²) in [5.41, 5.74) is 1.37. The van der Waals surface area contributed by atoms with E-state index < -0.39 is 6.67 Å². The van der Waals surface area contributed by atoms with Gasteiger partial charge in [0, 0.05) is 7.05 Å². The summed E-state index contributed by atoms with van der Waals surface area (Å²) in [4.78, 5) is 3.83. The van der Waals surface area contributed by atoms with Crippen molar-refractivity contribution in [3.05, 3.63) is 24.0 Å². The zero-order chi connectivity index (χ0) is 7.40. The zero-order valence-corrected chi connectivity index (χ0v) is 5.76. The van der Waals surface area contributed by atoms with Crippen molar-refractivity contribution < 1.29 is 4.39 Å². The molecule has 0 saturated heterocycles. The molecule has 0 aromatic carbocycles. The first-order valence-electron chi connectivity index (χ1n) is 3.05. The lowest BCUT2D eigenvalue weighted by atomic mass is 10.3. The predicted octanol–water partition coefficient (Wildman–Crippen LogP) is 1.59. The van der Waals surface area contributed by atoms with Gasteiger partial charge < -0.3 is 5.32 Å². The molecule has 2 nitrogen and oxygen atoms in total. The highest BCUT2D eigenvalue weighted by Gasteiger charge is 1.91. The van der Waals surface area contributed by atoms with E-state index in [4.69, 9.17) is 0 Å². The van der Waals surface area contributed by atoms with Crippen LogP contribution in [-0.2, 0) is 6.67 Å². The molecule has 3 heteroatoms. The number of halogens is 1. The molecule has 0 amide bonds. The number of hydrogen-bond acceptors (Lipinski definition) is 2. The van der Waals surface area contributed by atoms with Gasteiger partial charge in [-0.25, -0.2) is 4.39 Å². The molecule has 0 fully saturated rings. The number of aromatic nitrogens is 1. The molecule has 1 heterocycles. The van der Waals surface area contributed by atoms with E-state index in [1.54, 1.807) is 25.4 Å². The molecular formula is C7H9FN2. The summed E-state index contributed by atoms with van der Waals surface area (Å²) < 4.78 is 11.9. The molecule has 1 aromatic heterocycles. The van der Waals surface area contributed by atoms with E-state index in [0.717, 1.165) is 5.69 Å². The SMILES string of the molecule is CNc1ccc(CF)nc1. The number of rotatable bonds is 2.